The van der Waals surface area contributed by atoms with Gasteiger partial charge >= 0.3 is 0 Å². The van der Waals surface area contributed by atoms with Gasteiger partial charge in [-0.2, -0.15) is 0 Å². The Morgan fingerprint density at radius 3 is 2.18 bits per heavy atom. The summed E-state index contributed by atoms with van der Waals surface area (Å²) in [6.07, 6.45) is -0.148. The van der Waals surface area contributed by atoms with E-state index in [4.69, 9.17) is 15.2 Å². The summed E-state index contributed by atoms with van der Waals surface area (Å²) in [5, 5.41) is 9.64. The minimum Gasteiger partial charge on any atom is -0.385 e. The third-order valence-corrected chi connectivity index (χ3v) is 1.59. The molecule has 0 aromatic rings. The van der Waals surface area contributed by atoms with Gasteiger partial charge in [0.25, 0.3) is 0 Å². The minimum absolute atomic E-state index is 0.413. The molecular formula is C7H17NO3. The maximum Gasteiger partial charge on any atom is 0.185 e. The van der Waals surface area contributed by atoms with Crippen molar-refractivity contribution in [2.75, 3.05) is 20.8 Å². The number of hydrogen-bond acceptors (Lipinski definition) is 4. The molecule has 1 atom stereocenters. The van der Waals surface area contributed by atoms with Gasteiger partial charge in [0.15, 0.2) is 6.29 Å². The molecule has 0 aromatic carbocycles. The zero-order valence-corrected chi connectivity index (χ0v) is 7.33. The van der Waals surface area contributed by atoms with E-state index in [-0.39, 0.29) is 0 Å². The van der Waals surface area contributed by atoms with E-state index in [0.717, 1.165) is 0 Å². The Kier molecular flexibility index (Phi) is 4.60. The van der Waals surface area contributed by atoms with Crippen LogP contribution in [0.5, 0.6) is 0 Å². The average Bonchev–Trinajstić information content (AvgIpc) is 1.89. The van der Waals surface area contributed by atoms with Crippen LogP contribution in [0.1, 0.15) is 13.3 Å². The monoisotopic (exact) mass is 163 g/mol. The second kappa shape index (κ2) is 4.66. The van der Waals surface area contributed by atoms with Gasteiger partial charge in [-0.15, -0.1) is 0 Å². The van der Waals surface area contributed by atoms with E-state index in [1.165, 1.54) is 14.2 Å². The summed E-state index contributed by atoms with van der Waals surface area (Å²) in [7, 11) is 2.97. The molecule has 0 heterocycles. The lowest BCUT2D eigenvalue weighted by Crippen LogP contribution is -2.43. The molecule has 11 heavy (non-hydrogen) atoms. The van der Waals surface area contributed by atoms with Crippen LogP contribution in [0.15, 0.2) is 0 Å². The Morgan fingerprint density at radius 1 is 1.45 bits per heavy atom. The Bertz CT molecular complexity index is 102. The van der Waals surface area contributed by atoms with Crippen molar-refractivity contribution in [1.29, 1.82) is 0 Å². The fraction of sp³-hybridized carbons (Fsp3) is 1.00. The van der Waals surface area contributed by atoms with Gasteiger partial charge in [0, 0.05) is 14.2 Å². The molecule has 0 bridgehead atoms. The molecule has 0 aromatic heterocycles. The molecule has 0 fully saturated rings. The first-order valence-corrected chi connectivity index (χ1v) is 3.56. The van der Waals surface area contributed by atoms with E-state index in [1.807, 2.05) is 0 Å². The van der Waals surface area contributed by atoms with Gasteiger partial charge in [0.1, 0.15) is 5.60 Å². The molecule has 0 aliphatic rings. The lowest BCUT2D eigenvalue weighted by molar-refractivity contribution is -0.209. The van der Waals surface area contributed by atoms with Gasteiger partial charge in [-0.25, -0.2) is 0 Å². The molecule has 0 amide bonds. The van der Waals surface area contributed by atoms with Gasteiger partial charge in [0.2, 0.25) is 0 Å². The summed E-state index contributed by atoms with van der Waals surface area (Å²) in [4.78, 5) is 0. The standard InChI is InChI=1S/C7H17NO3/c1-7(9,4-5-8)6(10-2)11-3/h6,9H,4-5,8H2,1-3H3. The van der Waals surface area contributed by atoms with Crippen molar-refractivity contribution in [2.24, 2.45) is 5.73 Å². The normalized spacial score (nSPS) is 16.9. The lowest BCUT2D eigenvalue weighted by atomic mass is 10.0. The largest absolute Gasteiger partial charge is 0.385 e. The summed E-state index contributed by atoms with van der Waals surface area (Å²) in [5.74, 6) is 0. The highest BCUT2D eigenvalue weighted by Crippen LogP contribution is 2.16. The van der Waals surface area contributed by atoms with Gasteiger partial charge < -0.3 is 20.3 Å². The summed E-state index contributed by atoms with van der Waals surface area (Å²) in [6.45, 7) is 2.05. The summed E-state index contributed by atoms with van der Waals surface area (Å²) < 4.78 is 9.78. The predicted molar refractivity (Wildman–Crippen MR) is 42.1 cm³/mol. The van der Waals surface area contributed by atoms with Crippen molar-refractivity contribution in [2.45, 2.75) is 25.2 Å². The summed E-state index contributed by atoms with van der Waals surface area (Å²) >= 11 is 0. The van der Waals surface area contributed by atoms with Crippen LogP contribution >= 0.6 is 0 Å². The number of ether oxygens (including phenoxy) is 2. The Labute approximate surface area is 67.3 Å². The molecule has 0 aliphatic carbocycles. The maximum absolute atomic E-state index is 9.64. The molecule has 0 rings (SSSR count). The molecule has 3 N–H and O–H groups in total. The fourth-order valence-electron chi connectivity index (χ4n) is 1.01. The molecular weight excluding hydrogens is 146 g/mol. The van der Waals surface area contributed by atoms with Crippen LogP contribution in [-0.2, 0) is 9.47 Å². The SMILES string of the molecule is COC(OC)C(C)(O)CCN. The lowest BCUT2D eigenvalue weighted by Gasteiger charge is -2.29. The maximum atomic E-state index is 9.64. The molecule has 0 saturated heterocycles. The van der Waals surface area contributed by atoms with E-state index in [0.29, 0.717) is 13.0 Å². The molecule has 0 radical (unpaired) electrons. The zero-order chi connectivity index (χ0) is 8.91. The van der Waals surface area contributed by atoms with Crippen LogP contribution in [-0.4, -0.2) is 37.8 Å². The van der Waals surface area contributed by atoms with Gasteiger partial charge in [-0.05, 0) is 19.9 Å². The van der Waals surface area contributed by atoms with Crippen LogP contribution in [0.3, 0.4) is 0 Å². The van der Waals surface area contributed by atoms with Gasteiger partial charge in [0.05, 0.1) is 0 Å². The van der Waals surface area contributed by atoms with Gasteiger partial charge in [-0.1, -0.05) is 0 Å². The van der Waals surface area contributed by atoms with Crippen molar-refractivity contribution in [3.8, 4) is 0 Å². The van der Waals surface area contributed by atoms with Crippen molar-refractivity contribution in [3.63, 3.8) is 0 Å². The van der Waals surface area contributed by atoms with Crippen molar-refractivity contribution in [3.05, 3.63) is 0 Å². The zero-order valence-electron chi connectivity index (χ0n) is 7.33. The third-order valence-electron chi connectivity index (χ3n) is 1.59. The topological polar surface area (TPSA) is 64.7 Å². The van der Waals surface area contributed by atoms with Crippen LogP contribution in [0.4, 0.5) is 0 Å². The third kappa shape index (κ3) is 3.16. The van der Waals surface area contributed by atoms with Crippen LogP contribution in [0.2, 0.25) is 0 Å². The highest BCUT2D eigenvalue weighted by Gasteiger charge is 2.30. The Morgan fingerprint density at radius 2 is 1.91 bits per heavy atom. The highest BCUT2D eigenvalue weighted by molar-refractivity contribution is 4.76. The first-order chi connectivity index (χ1) is 5.08. The van der Waals surface area contributed by atoms with Crippen molar-refractivity contribution < 1.29 is 14.6 Å². The first-order valence-electron chi connectivity index (χ1n) is 3.56. The van der Waals surface area contributed by atoms with Crippen LogP contribution < -0.4 is 5.73 Å². The van der Waals surface area contributed by atoms with Crippen molar-refractivity contribution in [1.82, 2.24) is 0 Å². The second-order valence-corrected chi connectivity index (χ2v) is 2.70. The summed E-state index contributed by atoms with van der Waals surface area (Å²) in [5.41, 5.74) is 4.29. The number of hydrogen-bond donors (Lipinski definition) is 2. The predicted octanol–water partition coefficient (Wildman–Crippen LogP) is -0.295. The van der Waals surface area contributed by atoms with E-state index >= 15 is 0 Å². The molecule has 1 unspecified atom stereocenters. The molecule has 4 heteroatoms. The van der Waals surface area contributed by atoms with Crippen molar-refractivity contribution >= 4 is 0 Å². The van der Waals surface area contributed by atoms with E-state index in [9.17, 15) is 5.11 Å². The minimum atomic E-state index is -1.00. The molecule has 68 valence electrons. The summed E-state index contributed by atoms with van der Waals surface area (Å²) in [6, 6.07) is 0. The number of aliphatic hydroxyl groups is 1. The number of methoxy groups -OCH3 is 2. The fourth-order valence-corrected chi connectivity index (χ4v) is 1.01. The van der Waals surface area contributed by atoms with Crippen LogP contribution in [0, 0.1) is 0 Å². The Balaban J connectivity index is 4.00. The van der Waals surface area contributed by atoms with E-state index in [2.05, 4.69) is 0 Å². The number of nitrogens with two attached hydrogens (primary N) is 1. The Hall–Kier alpha value is -0.160. The van der Waals surface area contributed by atoms with Crippen LogP contribution in [0.25, 0.3) is 0 Å². The van der Waals surface area contributed by atoms with Gasteiger partial charge in [-0.3, -0.25) is 0 Å². The molecule has 0 spiro atoms. The average molecular weight is 163 g/mol. The highest BCUT2D eigenvalue weighted by atomic mass is 16.7. The molecule has 4 nitrogen and oxygen atoms in total. The first kappa shape index (κ1) is 10.8. The smallest absolute Gasteiger partial charge is 0.185 e. The quantitative estimate of drug-likeness (QED) is 0.546. The second-order valence-electron chi connectivity index (χ2n) is 2.70. The molecule has 0 saturated carbocycles. The van der Waals surface area contributed by atoms with E-state index < -0.39 is 11.9 Å². The molecule has 0 aliphatic heterocycles. The van der Waals surface area contributed by atoms with E-state index in [1.54, 1.807) is 6.92 Å². The number of rotatable bonds is 5.